The zero-order valence-corrected chi connectivity index (χ0v) is 15.6. The normalized spacial score (nSPS) is 12.8. The Balaban J connectivity index is 1.72. The summed E-state index contributed by atoms with van der Waals surface area (Å²) in [5.74, 6) is 0.507. The van der Waals surface area contributed by atoms with Gasteiger partial charge in [0.15, 0.2) is 5.75 Å². The maximum Gasteiger partial charge on any atom is 0.255 e. The van der Waals surface area contributed by atoms with Crippen LogP contribution in [0.2, 0.25) is 0 Å². The molecule has 1 aromatic heterocycles. The number of aromatic nitrogens is 1. The highest BCUT2D eigenvalue weighted by Gasteiger charge is 2.24. The monoisotopic (exact) mass is 375 g/mol. The fourth-order valence-electron chi connectivity index (χ4n) is 3.28. The first-order chi connectivity index (χ1) is 13.6. The first kappa shape index (κ1) is 17.9. The van der Waals surface area contributed by atoms with Crippen LogP contribution in [0.3, 0.4) is 0 Å². The summed E-state index contributed by atoms with van der Waals surface area (Å²) < 4.78 is 5.84. The molecule has 2 heterocycles. The van der Waals surface area contributed by atoms with Crippen molar-refractivity contribution >= 4 is 11.6 Å². The number of nitrogens with one attached hydrogen (secondary N) is 1. The third-order valence-corrected chi connectivity index (χ3v) is 4.79. The minimum atomic E-state index is -0.229. The van der Waals surface area contributed by atoms with E-state index in [4.69, 9.17) is 4.74 Å². The number of hydrogen-bond donors (Lipinski definition) is 2. The van der Waals surface area contributed by atoms with Crippen LogP contribution in [0.5, 0.6) is 11.5 Å². The van der Waals surface area contributed by atoms with Gasteiger partial charge in [0.2, 0.25) is 0 Å². The van der Waals surface area contributed by atoms with Gasteiger partial charge in [-0.05, 0) is 35.4 Å². The minimum Gasteiger partial charge on any atom is -0.507 e. The predicted octanol–water partition coefficient (Wildman–Crippen LogP) is 3.21. The van der Waals surface area contributed by atoms with Crippen LogP contribution < -0.4 is 15.0 Å². The molecule has 0 atom stereocenters. The second-order valence-electron chi connectivity index (χ2n) is 6.70. The van der Waals surface area contributed by atoms with E-state index in [1.165, 1.54) is 0 Å². The van der Waals surface area contributed by atoms with E-state index in [0.29, 0.717) is 30.0 Å². The second kappa shape index (κ2) is 7.60. The maximum absolute atomic E-state index is 13.0. The largest absolute Gasteiger partial charge is 0.507 e. The zero-order chi connectivity index (χ0) is 19.5. The molecule has 4 rings (SSSR count). The van der Waals surface area contributed by atoms with Crippen molar-refractivity contribution in [2.24, 2.45) is 0 Å². The van der Waals surface area contributed by atoms with Crippen LogP contribution in [0.1, 0.15) is 15.9 Å². The van der Waals surface area contributed by atoms with Crippen molar-refractivity contribution in [3.8, 4) is 22.6 Å². The third-order valence-electron chi connectivity index (χ3n) is 4.79. The lowest BCUT2D eigenvalue weighted by Crippen LogP contribution is -2.31. The molecule has 0 radical (unpaired) electrons. The molecule has 0 saturated carbocycles. The summed E-state index contributed by atoms with van der Waals surface area (Å²) in [5, 5.41) is 13.2. The van der Waals surface area contributed by atoms with Gasteiger partial charge in [-0.15, -0.1) is 0 Å². The van der Waals surface area contributed by atoms with Crippen LogP contribution in [-0.4, -0.2) is 36.2 Å². The van der Waals surface area contributed by atoms with Crippen molar-refractivity contribution in [2.45, 2.75) is 6.54 Å². The molecule has 28 heavy (non-hydrogen) atoms. The van der Waals surface area contributed by atoms with Crippen LogP contribution in [0.15, 0.2) is 60.9 Å². The SMILES string of the molecule is CN1CCOc2c(C(=O)NCc3cccnc3)cc(-c3ccccc3O)cc21. The highest BCUT2D eigenvalue weighted by atomic mass is 16.5. The number of benzene rings is 2. The van der Waals surface area contributed by atoms with Crippen LogP contribution >= 0.6 is 0 Å². The third kappa shape index (κ3) is 3.49. The van der Waals surface area contributed by atoms with Gasteiger partial charge in [0.1, 0.15) is 12.4 Å². The van der Waals surface area contributed by atoms with Gasteiger partial charge in [0.25, 0.3) is 5.91 Å². The Morgan fingerprint density at radius 1 is 1.25 bits per heavy atom. The summed E-state index contributed by atoms with van der Waals surface area (Å²) in [4.78, 5) is 19.1. The lowest BCUT2D eigenvalue weighted by molar-refractivity contribution is 0.0946. The molecule has 1 amide bonds. The topological polar surface area (TPSA) is 74.7 Å². The van der Waals surface area contributed by atoms with Gasteiger partial charge in [-0.2, -0.15) is 0 Å². The molecule has 1 aliphatic rings. The van der Waals surface area contributed by atoms with Gasteiger partial charge in [-0.1, -0.05) is 24.3 Å². The molecule has 6 heteroatoms. The first-order valence-corrected chi connectivity index (χ1v) is 9.11. The molecule has 0 spiro atoms. The number of likely N-dealkylation sites (N-methyl/N-ethyl adjacent to an activating group) is 1. The molecule has 142 valence electrons. The number of para-hydroxylation sites is 1. The van der Waals surface area contributed by atoms with E-state index in [2.05, 4.69) is 15.2 Å². The Morgan fingerprint density at radius 2 is 2.11 bits per heavy atom. The van der Waals surface area contributed by atoms with E-state index in [0.717, 1.165) is 23.4 Å². The molecule has 0 fully saturated rings. The van der Waals surface area contributed by atoms with E-state index in [9.17, 15) is 9.90 Å². The van der Waals surface area contributed by atoms with Crippen LogP contribution in [0.4, 0.5) is 5.69 Å². The average molecular weight is 375 g/mol. The lowest BCUT2D eigenvalue weighted by Gasteiger charge is -2.30. The van der Waals surface area contributed by atoms with E-state index in [1.807, 2.05) is 37.4 Å². The van der Waals surface area contributed by atoms with E-state index < -0.39 is 0 Å². The number of fused-ring (bicyclic) bond motifs is 1. The molecule has 2 N–H and O–H groups in total. The Bertz CT molecular complexity index is 1010. The van der Waals surface area contributed by atoms with Crippen molar-refractivity contribution in [2.75, 3.05) is 25.1 Å². The highest BCUT2D eigenvalue weighted by molar-refractivity contribution is 6.01. The van der Waals surface area contributed by atoms with Crippen molar-refractivity contribution in [3.05, 3.63) is 72.1 Å². The summed E-state index contributed by atoms with van der Waals surface area (Å²) >= 11 is 0. The van der Waals surface area contributed by atoms with Gasteiger partial charge in [0, 0.05) is 31.5 Å². The molecule has 2 aromatic carbocycles. The van der Waals surface area contributed by atoms with Gasteiger partial charge < -0.3 is 20.1 Å². The summed E-state index contributed by atoms with van der Waals surface area (Å²) in [6.07, 6.45) is 3.42. The smallest absolute Gasteiger partial charge is 0.255 e. The molecule has 0 aliphatic carbocycles. The van der Waals surface area contributed by atoms with Gasteiger partial charge >= 0.3 is 0 Å². The minimum absolute atomic E-state index is 0.170. The molecule has 6 nitrogen and oxygen atoms in total. The predicted molar refractivity (Wildman–Crippen MR) is 108 cm³/mol. The van der Waals surface area contributed by atoms with E-state index in [-0.39, 0.29) is 11.7 Å². The van der Waals surface area contributed by atoms with Crippen LogP contribution in [-0.2, 0) is 6.54 Å². The summed E-state index contributed by atoms with van der Waals surface area (Å²) in [6.45, 7) is 1.62. The number of rotatable bonds is 4. The number of phenols is 1. The number of aromatic hydroxyl groups is 1. The van der Waals surface area contributed by atoms with Crippen LogP contribution in [0, 0.1) is 0 Å². The van der Waals surface area contributed by atoms with Crippen molar-refractivity contribution in [3.63, 3.8) is 0 Å². The maximum atomic E-state index is 13.0. The zero-order valence-electron chi connectivity index (χ0n) is 15.6. The Labute approximate surface area is 163 Å². The number of nitrogens with zero attached hydrogens (tertiary/aromatic N) is 2. The van der Waals surface area contributed by atoms with E-state index >= 15 is 0 Å². The molecular weight excluding hydrogens is 354 g/mol. The van der Waals surface area contributed by atoms with Crippen molar-refractivity contribution in [1.29, 1.82) is 0 Å². The van der Waals surface area contributed by atoms with Crippen molar-refractivity contribution < 1.29 is 14.6 Å². The van der Waals surface area contributed by atoms with Gasteiger partial charge in [-0.3, -0.25) is 9.78 Å². The Morgan fingerprint density at radius 3 is 2.89 bits per heavy atom. The molecule has 1 aliphatic heterocycles. The molecule has 0 unspecified atom stereocenters. The number of pyridine rings is 1. The quantitative estimate of drug-likeness (QED) is 0.732. The number of phenolic OH excluding ortho intramolecular Hbond substituents is 1. The van der Waals surface area contributed by atoms with Gasteiger partial charge in [-0.25, -0.2) is 0 Å². The Kier molecular flexibility index (Phi) is 4.85. The molecular formula is C22H21N3O3. The number of anilines is 1. The molecule has 0 bridgehead atoms. The lowest BCUT2D eigenvalue weighted by atomic mass is 9.99. The molecule has 0 saturated heterocycles. The number of carbonyl (C=O) groups is 1. The number of amides is 1. The summed E-state index contributed by atoms with van der Waals surface area (Å²) in [6, 6.07) is 14.6. The number of carbonyl (C=O) groups excluding carboxylic acids is 1. The summed E-state index contributed by atoms with van der Waals surface area (Å²) in [5.41, 5.74) is 3.63. The fraction of sp³-hybridized carbons (Fsp3) is 0.182. The Hall–Kier alpha value is -3.54. The van der Waals surface area contributed by atoms with E-state index in [1.54, 1.807) is 30.6 Å². The van der Waals surface area contributed by atoms with Gasteiger partial charge in [0.05, 0.1) is 17.8 Å². The fourth-order valence-corrected chi connectivity index (χ4v) is 3.28. The molecule has 3 aromatic rings. The standard InChI is InChI=1S/C22H21N3O3/c1-25-9-10-28-21-18(22(27)24-14-15-5-4-8-23-13-15)11-16(12-19(21)25)17-6-2-3-7-20(17)26/h2-8,11-13,26H,9-10,14H2,1H3,(H,24,27). The highest BCUT2D eigenvalue weighted by Crippen LogP contribution is 2.40. The summed E-state index contributed by atoms with van der Waals surface area (Å²) in [7, 11) is 1.97. The van der Waals surface area contributed by atoms with Crippen LogP contribution in [0.25, 0.3) is 11.1 Å². The average Bonchev–Trinajstić information content (AvgIpc) is 2.73. The first-order valence-electron chi connectivity index (χ1n) is 9.11. The second-order valence-corrected chi connectivity index (χ2v) is 6.70. The number of hydrogen-bond acceptors (Lipinski definition) is 5. The van der Waals surface area contributed by atoms with Crippen molar-refractivity contribution in [1.82, 2.24) is 10.3 Å². The number of ether oxygens (including phenoxy) is 1.